The summed E-state index contributed by atoms with van der Waals surface area (Å²) < 4.78 is 38.7. The van der Waals surface area contributed by atoms with E-state index in [0.29, 0.717) is 12.8 Å². The van der Waals surface area contributed by atoms with Crippen molar-refractivity contribution in [2.24, 2.45) is 17.8 Å². The lowest BCUT2D eigenvalue weighted by atomic mass is 9.65. The van der Waals surface area contributed by atoms with Crippen molar-refractivity contribution in [1.82, 2.24) is 9.88 Å². The molecule has 13 heteroatoms. The molecule has 1 N–H and O–H groups in total. The first-order valence-corrected chi connectivity index (χ1v) is 17.7. The molecule has 0 amide bonds. The standard InChI is InChI=1S/C40H45N3O10/c1-42(2)24-7-9-25(10-8-24)52-40(46)53-37-34(48-4)16-22(17-35(37)49-5)38(44)51-27-15-23-21-43-14-13-29-28-12-11-26(47-3)19-32(28)41-36(29)33(43)20-30(23)31(18-27)39(45)50-6/h7-12,16-17,19,23,27,30-31,33,41H,13-15,18,20-21H2,1-6H3. The second-order valence-corrected chi connectivity index (χ2v) is 14.0. The first kappa shape index (κ1) is 36.0. The van der Waals surface area contributed by atoms with Crippen molar-refractivity contribution < 1.29 is 47.5 Å². The highest BCUT2D eigenvalue weighted by molar-refractivity contribution is 5.92. The molecule has 0 bridgehead atoms. The molecule has 1 saturated carbocycles. The number of methoxy groups -OCH3 is 4. The number of ether oxygens (including phenoxy) is 7. The molecule has 3 heterocycles. The average molecular weight is 728 g/mol. The number of piperidine rings is 1. The van der Waals surface area contributed by atoms with Gasteiger partial charge in [0.25, 0.3) is 0 Å². The van der Waals surface area contributed by atoms with E-state index < -0.39 is 24.1 Å². The molecular formula is C40H45N3O10. The summed E-state index contributed by atoms with van der Waals surface area (Å²) >= 11 is 0. The van der Waals surface area contributed by atoms with Crippen LogP contribution in [0.15, 0.2) is 54.6 Å². The molecule has 3 aliphatic rings. The zero-order valence-corrected chi connectivity index (χ0v) is 30.8. The van der Waals surface area contributed by atoms with Crippen molar-refractivity contribution in [3.63, 3.8) is 0 Å². The van der Waals surface area contributed by atoms with Crippen LogP contribution in [-0.2, 0) is 20.7 Å². The summed E-state index contributed by atoms with van der Waals surface area (Å²) in [6.45, 7) is 1.68. The van der Waals surface area contributed by atoms with Crippen LogP contribution in [0.5, 0.6) is 28.7 Å². The number of carbonyl (C=O) groups is 3. The number of fused-ring (bicyclic) bond motifs is 6. The Morgan fingerprint density at radius 1 is 0.830 bits per heavy atom. The van der Waals surface area contributed by atoms with Gasteiger partial charge in [-0.05, 0) is 91.6 Å². The molecule has 13 nitrogen and oxygen atoms in total. The van der Waals surface area contributed by atoms with E-state index in [-0.39, 0.29) is 52.4 Å². The predicted molar refractivity (Wildman–Crippen MR) is 195 cm³/mol. The normalized spacial score (nSPS) is 22.0. The summed E-state index contributed by atoms with van der Waals surface area (Å²) in [5, 5.41) is 1.21. The Bertz CT molecular complexity index is 1980. The smallest absolute Gasteiger partial charge is 0.497 e. The van der Waals surface area contributed by atoms with E-state index in [1.807, 2.05) is 31.1 Å². The third kappa shape index (κ3) is 7.05. The van der Waals surface area contributed by atoms with Gasteiger partial charge in [-0.25, -0.2) is 9.59 Å². The van der Waals surface area contributed by atoms with Crippen molar-refractivity contribution in [2.45, 2.75) is 37.8 Å². The van der Waals surface area contributed by atoms with Gasteiger partial charge in [0.2, 0.25) is 5.75 Å². The summed E-state index contributed by atoms with van der Waals surface area (Å²) in [5.41, 5.74) is 4.66. The van der Waals surface area contributed by atoms with Gasteiger partial charge in [-0.15, -0.1) is 0 Å². The van der Waals surface area contributed by atoms with E-state index in [0.717, 1.165) is 42.9 Å². The minimum Gasteiger partial charge on any atom is -0.497 e. The second-order valence-electron chi connectivity index (χ2n) is 14.0. The first-order valence-electron chi connectivity index (χ1n) is 17.7. The topological polar surface area (TPSA) is 138 Å². The number of nitrogens with zero attached hydrogens (tertiary/aromatic N) is 2. The van der Waals surface area contributed by atoms with Crippen molar-refractivity contribution in [1.29, 1.82) is 0 Å². The van der Waals surface area contributed by atoms with Crippen molar-refractivity contribution in [3.05, 3.63) is 71.4 Å². The number of H-pyrrole nitrogens is 1. The molecule has 5 atom stereocenters. The fourth-order valence-electron chi connectivity index (χ4n) is 8.39. The highest BCUT2D eigenvalue weighted by atomic mass is 16.7. The van der Waals surface area contributed by atoms with Crippen LogP contribution in [0.3, 0.4) is 0 Å². The van der Waals surface area contributed by atoms with Crippen LogP contribution in [0.25, 0.3) is 10.9 Å². The molecule has 53 heavy (non-hydrogen) atoms. The SMILES string of the molecule is COC(=O)C1CC(OC(=O)c2cc(OC)c(OC(=O)Oc3ccc(N(C)C)cc3)c(OC)c2)CC2CN3CCc4c([nH]c5cc(OC)ccc45)C3CC21. The van der Waals surface area contributed by atoms with Crippen LogP contribution >= 0.6 is 0 Å². The summed E-state index contributed by atoms with van der Waals surface area (Å²) in [6.07, 6.45) is 1.14. The molecule has 4 aromatic rings. The van der Waals surface area contributed by atoms with E-state index in [9.17, 15) is 14.4 Å². The number of aromatic nitrogens is 1. The molecule has 3 aromatic carbocycles. The Kier molecular flexibility index (Phi) is 10.1. The Balaban J connectivity index is 1.06. The van der Waals surface area contributed by atoms with Crippen LogP contribution in [0.1, 0.15) is 46.9 Å². The number of rotatable bonds is 9. The van der Waals surface area contributed by atoms with Crippen molar-refractivity contribution in [3.8, 4) is 28.7 Å². The molecule has 1 aliphatic carbocycles. The van der Waals surface area contributed by atoms with Crippen molar-refractivity contribution >= 4 is 34.7 Å². The molecule has 7 rings (SSSR count). The van der Waals surface area contributed by atoms with Gasteiger partial charge in [-0.3, -0.25) is 9.69 Å². The second kappa shape index (κ2) is 14.9. The number of hydrogen-bond donors (Lipinski definition) is 1. The molecule has 5 unspecified atom stereocenters. The van der Waals surface area contributed by atoms with Crippen molar-refractivity contribution in [2.75, 3.05) is 60.5 Å². The quantitative estimate of drug-likeness (QED) is 0.156. The number of anilines is 1. The van der Waals surface area contributed by atoms with E-state index in [1.165, 1.54) is 50.1 Å². The first-order chi connectivity index (χ1) is 25.6. The third-order valence-corrected chi connectivity index (χ3v) is 11.0. The molecular weight excluding hydrogens is 682 g/mol. The maximum Gasteiger partial charge on any atom is 0.519 e. The average Bonchev–Trinajstić information content (AvgIpc) is 3.55. The fraction of sp³-hybridized carbons (Fsp3) is 0.425. The number of esters is 2. The zero-order valence-electron chi connectivity index (χ0n) is 30.8. The van der Waals surface area contributed by atoms with Crippen LogP contribution in [0.4, 0.5) is 10.5 Å². The van der Waals surface area contributed by atoms with Gasteiger partial charge in [0, 0.05) is 55.5 Å². The Morgan fingerprint density at radius 2 is 1.55 bits per heavy atom. The highest BCUT2D eigenvalue weighted by Crippen LogP contribution is 2.50. The van der Waals surface area contributed by atoms with Crippen LogP contribution in [0.2, 0.25) is 0 Å². The van der Waals surface area contributed by atoms with Crippen LogP contribution in [-0.4, -0.2) is 89.7 Å². The predicted octanol–water partition coefficient (Wildman–Crippen LogP) is 6.18. The van der Waals surface area contributed by atoms with Crippen LogP contribution < -0.4 is 28.6 Å². The van der Waals surface area contributed by atoms with Crippen LogP contribution in [0, 0.1) is 17.8 Å². The van der Waals surface area contributed by atoms with Gasteiger partial charge in [-0.1, -0.05) is 0 Å². The number of benzene rings is 3. The summed E-state index contributed by atoms with van der Waals surface area (Å²) in [5.74, 6) is 0.0317. The maximum atomic E-state index is 13.7. The summed E-state index contributed by atoms with van der Waals surface area (Å²) in [7, 11) is 9.66. The lowest BCUT2D eigenvalue weighted by Gasteiger charge is -2.51. The molecule has 0 spiro atoms. The number of hydrogen-bond acceptors (Lipinski definition) is 12. The Morgan fingerprint density at radius 3 is 2.21 bits per heavy atom. The highest BCUT2D eigenvalue weighted by Gasteiger charge is 2.49. The van der Waals surface area contributed by atoms with Gasteiger partial charge in [-0.2, -0.15) is 0 Å². The van der Waals surface area contributed by atoms with Gasteiger partial charge < -0.3 is 43.0 Å². The minimum atomic E-state index is -1.01. The van der Waals surface area contributed by atoms with Gasteiger partial charge >= 0.3 is 18.1 Å². The largest absolute Gasteiger partial charge is 0.519 e. The van der Waals surface area contributed by atoms with Gasteiger partial charge in [0.1, 0.15) is 17.6 Å². The molecule has 2 fully saturated rings. The molecule has 0 radical (unpaired) electrons. The molecule has 280 valence electrons. The van der Waals surface area contributed by atoms with Gasteiger partial charge in [0.15, 0.2) is 11.5 Å². The molecule has 1 aromatic heterocycles. The summed E-state index contributed by atoms with van der Waals surface area (Å²) in [6, 6.07) is 16.1. The monoisotopic (exact) mass is 727 g/mol. The Labute approximate surface area is 308 Å². The zero-order chi connectivity index (χ0) is 37.4. The molecule has 2 aliphatic heterocycles. The molecule has 1 saturated heterocycles. The maximum absolute atomic E-state index is 13.7. The van der Waals surface area contributed by atoms with Gasteiger partial charge in [0.05, 0.1) is 46.0 Å². The lowest BCUT2D eigenvalue weighted by molar-refractivity contribution is -0.155. The third-order valence-electron chi connectivity index (χ3n) is 11.0. The Hall–Kier alpha value is -5.43. The van der Waals surface area contributed by atoms with E-state index >= 15 is 0 Å². The van der Waals surface area contributed by atoms with E-state index in [1.54, 1.807) is 31.4 Å². The fourth-order valence-corrected chi connectivity index (χ4v) is 8.39. The minimum absolute atomic E-state index is 0.0525. The van der Waals surface area contributed by atoms with E-state index in [4.69, 9.17) is 33.2 Å². The van der Waals surface area contributed by atoms with E-state index in [2.05, 4.69) is 16.0 Å². The number of carbonyl (C=O) groups excluding carboxylic acids is 3. The summed E-state index contributed by atoms with van der Waals surface area (Å²) in [4.78, 5) is 47.8. The number of nitrogens with one attached hydrogen (secondary N) is 1. The number of aromatic amines is 1. The lowest BCUT2D eigenvalue weighted by Crippen LogP contribution is -2.52.